The van der Waals surface area contributed by atoms with Crippen molar-refractivity contribution < 1.29 is 0 Å². The highest BCUT2D eigenvalue weighted by molar-refractivity contribution is 6.39. The van der Waals surface area contributed by atoms with Crippen molar-refractivity contribution in [3.05, 3.63) is 108 Å². The van der Waals surface area contributed by atoms with E-state index in [9.17, 15) is 0 Å². The van der Waals surface area contributed by atoms with Gasteiger partial charge in [-0.15, -0.1) is 0 Å². The fourth-order valence-corrected chi connectivity index (χ4v) is 7.36. The van der Waals surface area contributed by atoms with Gasteiger partial charge in [0.2, 0.25) is 0 Å². The molecule has 9 rings (SSSR count). The van der Waals surface area contributed by atoms with E-state index in [2.05, 4.69) is 116 Å². The van der Waals surface area contributed by atoms with Gasteiger partial charge in [-0.3, -0.25) is 0 Å². The third-order valence-corrected chi connectivity index (χ3v) is 8.91. The van der Waals surface area contributed by atoms with Crippen LogP contribution in [0.1, 0.15) is 25.0 Å². The van der Waals surface area contributed by atoms with Gasteiger partial charge in [0.05, 0.1) is 0 Å². The highest BCUT2D eigenvalue weighted by Crippen LogP contribution is 2.54. The molecule has 1 aliphatic carbocycles. The van der Waals surface area contributed by atoms with Crippen LogP contribution in [0.25, 0.3) is 76.0 Å². The predicted octanol–water partition coefficient (Wildman–Crippen LogP) is 9.68. The van der Waals surface area contributed by atoms with E-state index in [1.165, 1.54) is 87.1 Å². The lowest BCUT2D eigenvalue weighted by Crippen LogP contribution is -2.14. The molecule has 7 aromatic carbocycles. The molecular formula is C35H23N. The van der Waals surface area contributed by atoms with Crippen LogP contribution in [0.2, 0.25) is 0 Å². The molecule has 0 radical (unpaired) electrons. The van der Waals surface area contributed by atoms with Crippen LogP contribution in [0.4, 0.5) is 0 Å². The quantitative estimate of drug-likeness (QED) is 0.172. The highest BCUT2D eigenvalue weighted by Gasteiger charge is 2.37. The van der Waals surface area contributed by atoms with Crippen LogP contribution < -0.4 is 0 Å². The Labute approximate surface area is 208 Å². The van der Waals surface area contributed by atoms with Crippen molar-refractivity contribution in [3.63, 3.8) is 0 Å². The van der Waals surface area contributed by atoms with E-state index in [-0.39, 0.29) is 5.41 Å². The second-order valence-electron chi connectivity index (χ2n) is 11.0. The third kappa shape index (κ3) is 2.02. The zero-order valence-electron chi connectivity index (χ0n) is 20.2. The Morgan fingerprint density at radius 2 is 1.11 bits per heavy atom. The maximum Gasteiger partial charge on any atom is 0.0477 e. The second kappa shape index (κ2) is 6.06. The maximum absolute atomic E-state index is 3.73. The van der Waals surface area contributed by atoms with Crippen LogP contribution >= 0.6 is 0 Å². The van der Waals surface area contributed by atoms with Crippen LogP contribution in [0, 0.1) is 0 Å². The summed E-state index contributed by atoms with van der Waals surface area (Å²) in [7, 11) is 0. The summed E-state index contributed by atoms with van der Waals surface area (Å²) in [5.41, 5.74) is 8.04. The number of para-hydroxylation sites is 1. The van der Waals surface area contributed by atoms with Crippen molar-refractivity contribution in [1.82, 2.24) is 4.98 Å². The van der Waals surface area contributed by atoms with Crippen LogP contribution in [-0.4, -0.2) is 4.98 Å². The van der Waals surface area contributed by atoms with E-state index < -0.39 is 0 Å². The Balaban J connectivity index is 1.60. The average Bonchev–Trinajstić information content (AvgIpc) is 3.39. The largest absolute Gasteiger partial charge is 0.354 e. The molecule has 0 unspecified atom stereocenters. The number of hydrogen-bond donors (Lipinski definition) is 1. The third-order valence-electron chi connectivity index (χ3n) is 8.91. The first kappa shape index (κ1) is 18.9. The van der Waals surface area contributed by atoms with Crippen LogP contribution in [0.3, 0.4) is 0 Å². The van der Waals surface area contributed by atoms with Crippen molar-refractivity contribution in [1.29, 1.82) is 0 Å². The van der Waals surface area contributed by atoms with Gasteiger partial charge in [-0.1, -0.05) is 92.7 Å². The summed E-state index contributed by atoms with van der Waals surface area (Å²) in [5, 5.41) is 13.5. The molecule has 1 nitrogen and oxygen atoms in total. The van der Waals surface area contributed by atoms with Gasteiger partial charge >= 0.3 is 0 Å². The van der Waals surface area contributed by atoms with Crippen LogP contribution in [0.15, 0.2) is 97.1 Å². The van der Waals surface area contributed by atoms with Crippen molar-refractivity contribution in [3.8, 4) is 11.1 Å². The molecule has 0 bridgehead atoms. The molecule has 0 saturated carbocycles. The SMILES string of the molecule is CC1(C)c2ccccc2-c2c1cc1c3cc4[nH]c5ccccc5c4c4cccc(c5cccc2c51)c34. The lowest BCUT2D eigenvalue weighted by molar-refractivity contribution is 0.661. The molecule has 8 aromatic rings. The normalized spacial score (nSPS) is 14.6. The van der Waals surface area contributed by atoms with Crippen LogP contribution in [0.5, 0.6) is 0 Å². The van der Waals surface area contributed by atoms with Gasteiger partial charge < -0.3 is 4.98 Å². The van der Waals surface area contributed by atoms with Crippen molar-refractivity contribution in [2.24, 2.45) is 0 Å². The second-order valence-corrected chi connectivity index (χ2v) is 11.0. The molecule has 0 spiro atoms. The first-order chi connectivity index (χ1) is 17.6. The molecule has 1 heterocycles. The summed E-state index contributed by atoms with van der Waals surface area (Å²) >= 11 is 0. The first-order valence-electron chi connectivity index (χ1n) is 12.8. The molecule has 0 saturated heterocycles. The number of aromatic nitrogens is 1. The Bertz CT molecular complexity index is 2220. The average molecular weight is 458 g/mol. The van der Waals surface area contributed by atoms with Gasteiger partial charge in [0.1, 0.15) is 0 Å². The van der Waals surface area contributed by atoms with E-state index in [4.69, 9.17) is 0 Å². The Hall–Kier alpha value is -4.36. The van der Waals surface area contributed by atoms with Gasteiger partial charge in [-0.25, -0.2) is 0 Å². The van der Waals surface area contributed by atoms with Crippen LogP contribution in [-0.2, 0) is 5.41 Å². The summed E-state index contributed by atoms with van der Waals surface area (Å²) in [6.07, 6.45) is 0. The van der Waals surface area contributed by atoms with Crippen molar-refractivity contribution in [2.75, 3.05) is 0 Å². The van der Waals surface area contributed by atoms with E-state index in [1.54, 1.807) is 0 Å². The zero-order valence-corrected chi connectivity index (χ0v) is 20.2. The lowest BCUT2D eigenvalue weighted by atomic mass is 9.80. The number of hydrogen-bond acceptors (Lipinski definition) is 0. The van der Waals surface area contributed by atoms with Gasteiger partial charge in [-0.05, 0) is 83.5 Å². The highest BCUT2D eigenvalue weighted by atomic mass is 14.7. The fraction of sp³-hybridized carbons (Fsp3) is 0.0857. The summed E-state index contributed by atoms with van der Waals surface area (Å²) in [6, 6.07) is 36.4. The van der Waals surface area contributed by atoms with E-state index in [0.717, 1.165) is 0 Å². The Kier molecular flexibility index (Phi) is 3.18. The summed E-state index contributed by atoms with van der Waals surface area (Å²) in [4.78, 5) is 3.73. The summed E-state index contributed by atoms with van der Waals surface area (Å²) in [6.45, 7) is 4.76. The Morgan fingerprint density at radius 3 is 1.97 bits per heavy atom. The van der Waals surface area contributed by atoms with Gasteiger partial charge in [0.25, 0.3) is 0 Å². The minimum absolute atomic E-state index is 0.0338. The molecule has 0 atom stereocenters. The van der Waals surface area contributed by atoms with Crippen molar-refractivity contribution in [2.45, 2.75) is 19.3 Å². The van der Waals surface area contributed by atoms with Crippen molar-refractivity contribution >= 4 is 64.9 Å². The predicted molar refractivity (Wildman–Crippen MR) is 155 cm³/mol. The minimum atomic E-state index is -0.0338. The molecule has 1 heteroatoms. The molecule has 1 N–H and O–H groups in total. The number of H-pyrrole nitrogens is 1. The van der Waals surface area contributed by atoms with Gasteiger partial charge in [0.15, 0.2) is 0 Å². The number of benzene rings is 7. The monoisotopic (exact) mass is 457 g/mol. The van der Waals surface area contributed by atoms with Gasteiger partial charge in [0, 0.05) is 27.2 Å². The molecule has 168 valence electrons. The minimum Gasteiger partial charge on any atom is -0.354 e. The molecule has 0 aliphatic heterocycles. The standard InChI is InChI=1S/C35H23N/c1-35(2)27-15-5-3-9-21(27)33-23-13-7-11-19-20-12-8-14-24-32(20)26(25(31(19)23)17-28(33)35)18-30-34(24)22-10-4-6-16-29(22)36-30/h3-18,36H,1-2H3. The van der Waals surface area contributed by atoms with E-state index >= 15 is 0 Å². The fourth-order valence-electron chi connectivity index (χ4n) is 7.36. The number of nitrogens with one attached hydrogen (secondary N) is 1. The molecule has 36 heavy (non-hydrogen) atoms. The summed E-state index contributed by atoms with van der Waals surface area (Å²) < 4.78 is 0. The first-order valence-corrected chi connectivity index (χ1v) is 12.8. The van der Waals surface area contributed by atoms with Gasteiger partial charge in [-0.2, -0.15) is 0 Å². The van der Waals surface area contributed by atoms with E-state index in [1.807, 2.05) is 0 Å². The lowest BCUT2D eigenvalue weighted by Gasteiger charge is -2.23. The maximum atomic E-state index is 3.73. The summed E-state index contributed by atoms with van der Waals surface area (Å²) in [5.74, 6) is 0. The molecular weight excluding hydrogens is 434 g/mol. The zero-order chi connectivity index (χ0) is 23.8. The number of rotatable bonds is 0. The van der Waals surface area contributed by atoms with E-state index in [0.29, 0.717) is 0 Å². The molecule has 1 aliphatic rings. The number of fused-ring (bicyclic) bond motifs is 10. The molecule has 0 fully saturated rings. The Morgan fingerprint density at radius 1 is 0.472 bits per heavy atom. The molecule has 0 amide bonds. The molecule has 1 aromatic heterocycles. The topological polar surface area (TPSA) is 15.8 Å². The smallest absolute Gasteiger partial charge is 0.0477 e. The number of aromatic amines is 1.